The van der Waals surface area contributed by atoms with Gasteiger partial charge in [0.05, 0.1) is 18.8 Å². The van der Waals surface area contributed by atoms with Crippen molar-refractivity contribution in [1.29, 1.82) is 0 Å². The summed E-state index contributed by atoms with van der Waals surface area (Å²) in [7, 11) is 1.49. The first-order valence-electron chi connectivity index (χ1n) is 6.89. The third-order valence-corrected chi connectivity index (χ3v) is 3.69. The van der Waals surface area contributed by atoms with E-state index < -0.39 is 0 Å². The Morgan fingerprint density at radius 2 is 2.32 bits per heavy atom. The van der Waals surface area contributed by atoms with Crippen molar-refractivity contribution in [2.24, 2.45) is 0 Å². The van der Waals surface area contributed by atoms with Crippen molar-refractivity contribution in [3.05, 3.63) is 28.8 Å². The molecule has 0 aromatic heterocycles. The van der Waals surface area contributed by atoms with E-state index >= 15 is 0 Å². The molecule has 0 aliphatic carbocycles. The van der Waals surface area contributed by atoms with E-state index in [2.05, 4.69) is 16.2 Å². The van der Waals surface area contributed by atoms with Crippen LogP contribution in [0.4, 0.5) is 0 Å². The number of methoxy groups -OCH3 is 1. The number of nitrogens with one attached hydrogen (secondary N) is 3. The molecule has 1 saturated heterocycles. The van der Waals surface area contributed by atoms with Crippen LogP contribution in [0.25, 0.3) is 0 Å². The number of carbonyl (C=O) groups is 1. The molecule has 1 atom stereocenters. The fourth-order valence-corrected chi connectivity index (χ4v) is 2.40. The summed E-state index contributed by atoms with van der Waals surface area (Å²) >= 11 is 11.0. The van der Waals surface area contributed by atoms with E-state index in [0.717, 1.165) is 19.4 Å². The molecule has 6 nitrogen and oxygen atoms in total. The predicted octanol–water partition coefficient (Wildman–Crippen LogP) is 1.64. The number of benzene rings is 1. The number of carbonyl (C=O) groups excluding carboxylic acids is 1. The first kappa shape index (κ1) is 16.8. The fraction of sp³-hybridized carbons (Fsp3) is 0.429. The third-order valence-electron chi connectivity index (χ3n) is 3.21. The van der Waals surface area contributed by atoms with Gasteiger partial charge in [-0.25, -0.2) is 0 Å². The average molecular weight is 344 g/mol. The molecular weight excluding hydrogens is 326 g/mol. The largest absolute Gasteiger partial charge is 0.496 e. The molecule has 1 amide bonds. The number of amides is 1. The summed E-state index contributed by atoms with van der Waals surface area (Å²) in [6, 6.07) is 4.81. The van der Waals surface area contributed by atoms with Crippen molar-refractivity contribution in [1.82, 2.24) is 16.2 Å². The molecule has 0 bridgehead atoms. The van der Waals surface area contributed by atoms with Gasteiger partial charge in [0.15, 0.2) is 5.11 Å². The van der Waals surface area contributed by atoms with Crippen molar-refractivity contribution < 1.29 is 14.3 Å². The highest BCUT2D eigenvalue weighted by atomic mass is 35.5. The predicted molar refractivity (Wildman–Crippen MR) is 88.2 cm³/mol. The van der Waals surface area contributed by atoms with E-state index in [1.165, 1.54) is 13.2 Å². The SMILES string of the molecule is COc1ccc(Cl)cc1C(=O)NNC(=S)NC[C@H]1CCCO1. The first-order valence-corrected chi connectivity index (χ1v) is 7.68. The van der Waals surface area contributed by atoms with Gasteiger partial charge in [-0.1, -0.05) is 11.6 Å². The maximum absolute atomic E-state index is 12.1. The monoisotopic (exact) mass is 343 g/mol. The maximum atomic E-state index is 12.1. The highest BCUT2D eigenvalue weighted by Gasteiger charge is 2.16. The fourth-order valence-electron chi connectivity index (χ4n) is 2.09. The number of hydrazine groups is 1. The van der Waals surface area contributed by atoms with Gasteiger partial charge in [0.1, 0.15) is 5.75 Å². The van der Waals surface area contributed by atoms with E-state index in [-0.39, 0.29) is 12.0 Å². The van der Waals surface area contributed by atoms with Crippen molar-refractivity contribution in [2.45, 2.75) is 18.9 Å². The molecule has 1 aliphatic rings. The highest BCUT2D eigenvalue weighted by molar-refractivity contribution is 7.80. The van der Waals surface area contributed by atoms with Crippen LogP contribution < -0.4 is 20.9 Å². The summed E-state index contributed by atoms with van der Waals surface area (Å²) in [5.41, 5.74) is 5.47. The lowest BCUT2D eigenvalue weighted by molar-refractivity contribution is 0.0940. The Bertz CT molecular complexity index is 550. The van der Waals surface area contributed by atoms with Crippen molar-refractivity contribution in [2.75, 3.05) is 20.3 Å². The van der Waals surface area contributed by atoms with Gasteiger partial charge in [0, 0.05) is 18.2 Å². The van der Waals surface area contributed by atoms with Gasteiger partial charge in [-0.05, 0) is 43.3 Å². The lowest BCUT2D eigenvalue weighted by Crippen LogP contribution is -2.48. The minimum atomic E-state index is -0.388. The van der Waals surface area contributed by atoms with Crippen molar-refractivity contribution in [3.8, 4) is 5.75 Å². The van der Waals surface area contributed by atoms with E-state index in [4.69, 9.17) is 33.3 Å². The van der Waals surface area contributed by atoms with Crippen LogP contribution in [0.3, 0.4) is 0 Å². The highest BCUT2D eigenvalue weighted by Crippen LogP contribution is 2.22. The summed E-state index contributed by atoms with van der Waals surface area (Å²) in [5, 5.41) is 3.77. The Morgan fingerprint density at radius 1 is 1.50 bits per heavy atom. The summed E-state index contributed by atoms with van der Waals surface area (Å²) in [4.78, 5) is 12.1. The van der Waals surface area contributed by atoms with Crippen molar-refractivity contribution in [3.63, 3.8) is 0 Å². The number of ether oxygens (including phenoxy) is 2. The molecule has 0 unspecified atom stereocenters. The second-order valence-corrected chi connectivity index (χ2v) is 5.61. The number of halogens is 1. The smallest absolute Gasteiger partial charge is 0.273 e. The second kappa shape index (κ2) is 8.17. The number of rotatable bonds is 4. The van der Waals surface area contributed by atoms with Crippen LogP contribution in [0.15, 0.2) is 18.2 Å². The zero-order valence-electron chi connectivity index (χ0n) is 12.1. The van der Waals surface area contributed by atoms with Crippen LogP contribution in [0.2, 0.25) is 5.02 Å². The lowest BCUT2D eigenvalue weighted by atomic mass is 10.2. The summed E-state index contributed by atoms with van der Waals surface area (Å²) in [6.45, 7) is 1.40. The normalized spacial score (nSPS) is 16.9. The number of hydrogen-bond donors (Lipinski definition) is 3. The molecule has 120 valence electrons. The van der Waals surface area contributed by atoms with E-state index in [0.29, 0.717) is 28.0 Å². The molecule has 1 aliphatic heterocycles. The van der Waals surface area contributed by atoms with E-state index in [1.807, 2.05) is 0 Å². The molecule has 1 fully saturated rings. The maximum Gasteiger partial charge on any atom is 0.273 e. The van der Waals surface area contributed by atoms with Crippen molar-refractivity contribution >= 4 is 34.8 Å². The van der Waals surface area contributed by atoms with E-state index in [9.17, 15) is 4.79 Å². The van der Waals surface area contributed by atoms with Gasteiger partial charge in [-0.2, -0.15) is 0 Å². The molecule has 1 heterocycles. The van der Waals surface area contributed by atoms with Crippen LogP contribution >= 0.6 is 23.8 Å². The lowest BCUT2D eigenvalue weighted by Gasteiger charge is -2.15. The van der Waals surface area contributed by atoms with Crippen LogP contribution in [0.5, 0.6) is 5.75 Å². The summed E-state index contributed by atoms with van der Waals surface area (Å²) < 4.78 is 10.6. The molecule has 0 saturated carbocycles. The molecule has 2 rings (SSSR count). The molecule has 1 aromatic carbocycles. The molecule has 0 radical (unpaired) electrons. The quantitative estimate of drug-likeness (QED) is 0.570. The van der Waals surface area contributed by atoms with Gasteiger partial charge in [0.2, 0.25) is 0 Å². The van der Waals surface area contributed by atoms with Gasteiger partial charge in [0.25, 0.3) is 5.91 Å². The Morgan fingerprint density at radius 3 is 3.00 bits per heavy atom. The Balaban J connectivity index is 1.81. The van der Waals surface area contributed by atoms with Gasteiger partial charge in [-0.3, -0.25) is 15.6 Å². The molecule has 1 aromatic rings. The van der Waals surface area contributed by atoms with Crippen LogP contribution in [-0.4, -0.2) is 37.4 Å². The second-order valence-electron chi connectivity index (χ2n) is 4.77. The van der Waals surface area contributed by atoms with Crippen LogP contribution in [0.1, 0.15) is 23.2 Å². The Labute approximate surface area is 139 Å². The Hall–Kier alpha value is -1.57. The minimum absolute atomic E-state index is 0.170. The Kier molecular flexibility index (Phi) is 6.23. The molecule has 8 heteroatoms. The molecular formula is C14H18ClN3O3S. The topological polar surface area (TPSA) is 71.6 Å². The standard InChI is InChI=1S/C14H18ClN3O3S/c1-20-12-5-4-9(15)7-11(12)13(19)17-18-14(22)16-8-10-3-2-6-21-10/h4-5,7,10H,2-3,6,8H2,1H3,(H,17,19)(H2,16,18,22)/t10-/m1/s1. The van der Waals surface area contributed by atoms with Crippen LogP contribution in [-0.2, 0) is 4.74 Å². The van der Waals surface area contributed by atoms with Gasteiger partial charge >= 0.3 is 0 Å². The third kappa shape index (κ3) is 4.72. The van der Waals surface area contributed by atoms with E-state index in [1.54, 1.807) is 12.1 Å². The number of thiocarbonyl (C=S) groups is 1. The summed E-state index contributed by atoms with van der Waals surface area (Å²) in [5.74, 6) is 0.0440. The summed E-state index contributed by atoms with van der Waals surface area (Å²) in [6.07, 6.45) is 2.25. The molecule has 3 N–H and O–H groups in total. The average Bonchev–Trinajstić information content (AvgIpc) is 3.04. The van der Waals surface area contributed by atoms with Crippen LogP contribution in [0, 0.1) is 0 Å². The number of hydrogen-bond acceptors (Lipinski definition) is 4. The van der Waals surface area contributed by atoms with Gasteiger partial charge < -0.3 is 14.8 Å². The molecule has 22 heavy (non-hydrogen) atoms. The van der Waals surface area contributed by atoms with Gasteiger partial charge in [-0.15, -0.1) is 0 Å². The molecule has 0 spiro atoms. The first-order chi connectivity index (χ1) is 10.6. The zero-order valence-corrected chi connectivity index (χ0v) is 13.7. The zero-order chi connectivity index (χ0) is 15.9. The minimum Gasteiger partial charge on any atom is -0.496 e.